The van der Waals surface area contributed by atoms with Crippen LogP contribution in [0.25, 0.3) is 0 Å². The van der Waals surface area contributed by atoms with Crippen molar-refractivity contribution >= 4 is 5.97 Å². The lowest BCUT2D eigenvalue weighted by molar-refractivity contribution is -0.318. The molecule has 0 radical (unpaired) electrons. The highest BCUT2D eigenvalue weighted by atomic mass is 16.7. The number of hydrogen-bond donors (Lipinski definition) is 6. The molecule has 12 heteroatoms. The lowest BCUT2D eigenvalue weighted by Gasteiger charge is -2.65. The number of aliphatic hydroxyl groups excluding tert-OH is 4. The van der Waals surface area contributed by atoms with Crippen LogP contribution in [-0.2, 0) is 34.9 Å². The van der Waals surface area contributed by atoms with E-state index < -0.39 is 72.4 Å². The van der Waals surface area contributed by atoms with Gasteiger partial charge in [-0.3, -0.25) is 4.79 Å². The summed E-state index contributed by atoms with van der Waals surface area (Å²) < 4.78 is 30.5. The number of benzene rings is 1. The largest absolute Gasteiger partial charge is 0.508 e. The van der Waals surface area contributed by atoms with E-state index in [9.17, 15) is 35.4 Å². The molecule has 6 N–H and O–H groups in total. The Morgan fingerprint density at radius 2 is 1.54 bits per heavy atom. The van der Waals surface area contributed by atoms with Gasteiger partial charge in [0, 0.05) is 30.6 Å². The van der Waals surface area contributed by atoms with Crippen LogP contribution in [0.4, 0.5) is 0 Å². The van der Waals surface area contributed by atoms with E-state index in [-0.39, 0.29) is 66.2 Å². The topological polar surface area (TPSA) is 185 Å². The molecule has 6 unspecified atom stereocenters. The Balaban J connectivity index is 0.908. The molecule has 0 aromatic heterocycles. The molecule has 12 nitrogen and oxygen atoms in total. The molecule has 54 heavy (non-hydrogen) atoms. The summed E-state index contributed by atoms with van der Waals surface area (Å²) in [5.74, 6) is 0.229. The zero-order chi connectivity index (χ0) is 38.3. The van der Waals surface area contributed by atoms with Crippen LogP contribution in [0.5, 0.6) is 5.75 Å². The molecule has 0 amide bonds. The Morgan fingerprint density at radius 3 is 2.28 bits per heavy atom. The van der Waals surface area contributed by atoms with Crippen molar-refractivity contribution in [3.05, 3.63) is 29.8 Å². The Hall–Kier alpha value is -1.87. The van der Waals surface area contributed by atoms with E-state index in [1.54, 1.807) is 19.1 Å². The second-order valence-electron chi connectivity index (χ2n) is 18.6. The van der Waals surface area contributed by atoms with Crippen molar-refractivity contribution in [2.24, 2.45) is 40.4 Å². The lowest BCUT2D eigenvalue weighted by Crippen LogP contribution is -2.67. The number of esters is 1. The monoisotopic (exact) mass is 758 g/mol. The van der Waals surface area contributed by atoms with E-state index in [0.717, 1.165) is 44.1 Å². The quantitative estimate of drug-likeness (QED) is 0.175. The number of phenolic OH excluding ortho intramolecular Hbond substituents is 1. The zero-order valence-electron chi connectivity index (χ0n) is 32.2. The molecule has 7 fully saturated rings. The summed E-state index contributed by atoms with van der Waals surface area (Å²) in [6.45, 7) is 7.94. The molecule has 4 saturated carbocycles. The molecule has 19 atom stereocenters. The summed E-state index contributed by atoms with van der Waals surface area (Å²) in [5.41, 5.74) is -1.19. The van der Waals surface area contributed by atoms with Gasteiger partial charge in [-0.05, 0) is 106 Å². The highest BCUT2D eigenvalue weighted by Gasteiger charge is 2.72. The lowest BCUT2D eigenvalue weighted by atomic mass is 9.42. The fourth-order valence-electron chi connectivity index (χ4n) is 12.9. The molecule has 3 saturated heterocycles. The van der Waals surface area contributed by atoms with Gasteiger partial charge in [-0.25, -0.2) is 0 Å². The summed E-state index contributed by atoms with van der Waals surface area (Å²) in [4.78, 5) is 12.8. The third-order valence-electron chi connectivity index (χ3n) is 16.0. The van der Waals surface area contributed by atoms with Gasteiger partial charge in [0.05, 0.1) is 48.6 Å². The second-order valence-corrected chi connectivity index (χ2v) is 18.6. The molecule has 0 spiro atoms. The van der Waals surface area contributed by atoms with Gasteiger partial charge in [0.2, 0.25) is 0 Å². The number of carbonyl (C=O) groups excluding carboxylic acids is 1. The molecular weight excluding hydrogens is 696 g/mol. The predicted octanol–water partition coefficient (Wildman–Crippen LogP) is 3.73. The van der Waals surface area contributed by atoms with Crippen molar-refractivity contribution in [1.82, 2.24) is 0 Å². The maximum Gasteiger partial charge on any atom is 0.306 e. The number of phenols is 1. The molecule has 8 rings (SSSR count). The summed E-state index contributed by atoms with van der Waals surface area (Å²) >= 11 is 0. The van der Waals surface area contributed by atoms with Crippen molar-refractivity contribution in [3.8, 4) is 5.75 Å². The van der Waals surface area contributed by atoms with Gasteiger partial charge in [-0.15, -0.1) is 0 Å². The Labute approximate surface area is 318 Å². The molecule has 1 aromatic carbocycles. The van der Waals surface area contributed by atoms with E-state index in [1.807, 2.05) is 19.1 Å². The van der Waals surface area contributed by atoms with E-state index in [2.05, 4.69) is 13.8 Å². The minimum Gasteiger partial charge on any atom is -0.508 e. The Kier molecular flexibility index (Phi) is 10.5. The van der Waals surface area contributed by atoms with Crippen molar-refractivity contribution in [3.63, 3.8) is 0 Å². The van der Waals surface area contributed by atoms with Crippen molar-refractivity contribution < 1.29 is 59.1 Å². The number of para-hydroxylation sites is 1. The first kappa shape index (κ1) is 39.0. The first-order valence-corrected chi connectivity index (χ1v) is 20.6. The predicted molar refractivity (Wildman–Crippen MR) is 194 cm³/mol. The second kappa shape index (κ2) is 14.5. The van der Waals surface area contributed by atoms with Gasteiger partial charge >= 0.3 is 5.97 Å². The summed E-state index contributed by atoms with van der Waals surface area (Å²) in [6, 6.07) is 7.15. The summed E-state index contributed by atoms with van der Waals surface area (Å²) in [5, 5.41) is 66.9. The average molecular weight is 759 g/mol. The highest BCUT2D eigenvalue weighted by molar-refractivity contribution is 5.72. The van der Waals surface area contributed by atoms with Crippen molar-refractivity contribution in [1.29, 1.82) is 0 Å². The minimum absolute atomic E-state index is 0.0411. The van der Waals surface area contributed by atoms with Crippen molar-refractivity contribution in [2.75, 3.05) is 0 Å². The van der Waals surface area contributed by atoms with Crippen LogP contribution >= 0.6 is 0 Å². The SMILES string of the molecule is CC1O[C@H](OC2C(C)O[C@@H](O[C@H]3CC[C@@]4(C)[C@H](CC[C@@H]5[C@@H]4C[C@@H](O)[C@]4(C)[C@@H](C6CC(=O)OC6Cc6ccccc6O)CC[C@]54O)C3)C[C@H]2O)C[C@@H](O)C1O. The van der Waals surface area contributed by atoms with Gasteiger partial charge in [0.15, 0.2) is 12.6 Å². The molecule has 7 aliphatic rings. The van der Waals surface area contributed by atoms with E-state index in [0.29, 0.717) is 25.2 Å². The number of cyclic esters (lactones) is 1. The van der Waals surface area contributed by atoms with Gasteiger partial charge in [-0.1, -0.05) is 32.0 Å². The molecule has 0 bridgehead atoms. The fourth-order valence-corrected chi connectivity index (χ4v) is 12.9. The van der Waals surface area contributed by atoms with Crippen LogP contribution in [0.3, 0.4) is 0 Å². The number of hydrogen-bond acceptors (Lipinski definition) is 12. The average Bonchev–Trinajstić information content (AvgIpc) is 3.62. The number of rotatable bonds is 7. The van der Waals surface area contributed by atoms with Gasteiger partial charge in [0.1, 0.15) is 24.1 Å². The zero-order valence-corrected chi connectivity index (χ0v) is 32.2. The summed E-state index contributed by atoms with van der Waals surface area (Å²) in [6.07, 6.45) is 0.264. The third kappa shape index (κ3) is 6.43. The van der Waals surface area contributed by atoms with Crippen molar-refractivity contribution in [2.45, 2.75) is 178 Å². The van der Waals surface area contributed by atoms with Crippen LogP contribution in [0.15, 0.2) is 24.3 Å². The first-order valence-electron chi connectivity index (χ1n) is 20.6. The minimum atomic E-state index is -1.06. The molecular formula is C42H62O12. The number of fused-ring (bicyclic) bond motifs is 5. The first-order chi connectivity index (χ1) is 25.6. The number of ether oxygens (including phenoxy) is 5. The molecule has 3 aliphatic heterocycles. The Bertz CT molecular complexity index is 1500. The number of aromatic hydroxyl groups is 1. The van der Waals surface area contributed by atoms with Gasteiger partial charge in [0.25, 0.3) is 0 Å². The smallest absolute Gasteiger partial charge is 0.306 e. The maximum absolute atomic E-state index is 12.9. The van der Waals surface area contributed by atoms with Crippen LogP contribution in [0.2, 0.25) is 0 Å². The Morgan fingerprint density at radius 1 is 0.815 bits per heavy atom. The fraction of sp³-hybridized carbons (Fsp3) is 0.833. The third-order valence-corrected chi connectivity index (χ3v) is 16.0. The van der Waals surface area contributed by atoms with Crippen LogP contribution in [-0.4, -0.2) is 110 Å². The summed E-state index contributed by atoms with van der Waals surface area (Å²) in [7, 11) is 0. The van der Waals surface area contributed by atoms with Gasteiger partial charge < -0.3 is 54.3 Å². The molecule has 1 aromatic rings. The molecule has 4 aliphatic carbocycles. The molecule has 302 valence electrons. The molecule has 3 heterocycles. The van der Waals surface area contributed by atoms with Gasteiger partial charge in [-0.2, -0.15) is 0 Å². The van der Waals surface area contributed by atoms with Crippen LogP contribution in [0, 0.1) is 40.4 Å². The standard InChI is InChI=1S/C42H62O12/c1-21-38(48)31(44)19-37(50-21)54-39-22(2)51-36(20-32(39)45)52-25-11-13-40(3)24(16-25)9-10-28-29(40)18-34(46)41(4)27(12-14-42(28,41)49)26-17-35(47)53-33(26)15-23-7-5-6-8-30(23)43/h5-8,21-22,24-29,31-34,36-39,43-46,48-49H,9-20H2,1-4H3/t21?,22?,24-,25+,26?,27-,28-,29+,31-,32-,33?,34-,36+,37-,38?,39?,40+,41+,42+/m1/s1. The number of aliphatic hydroxyl groups is 5. The van der Waals surface area contributed by atoms with Crippen LogP contribution in [0.1, 0.15) is 104 Å². The van der Waals surface area contributed by atoms with E-state index in [4.69, 9.17) is 23.7 Å². The van der Waals surface area contributed by atoms with E-state index >= 15 is 0 Å². The van der Waals surface area contributed by atoms with E-state index in [1.165, 1.54) is 0 Å². The normalized spacial score (nSPS) is 51.9. The highest BCUT2D eigenvalue weighted by Crippen LogP contribution is 2.70. The maximum atomic E-state index is 12.9. The van der Waals surface area contributed by atoms with Crippen LogP contribution < -0.4 is 0 Å². The number of carbonyl (C=O) groups is 1.